The predicted molar refractivity (Wildman–Crippen MR) is 77.0 cm³/mol. The lowest BCUT2D eigenvalue weighted by molar-refractivity contribution is -0.122. The van der Waals surface area contributed by atoms with Crippen molar-refractivity contribution in [3.63, 3.8) is 0 Å². The Kier molecular flexibility index (Phi) is 4.54. The number of nitrogens with zero attached hydrogens (tertiary/aromatic N) is 1. The number of carbonyl (C=O) groups excluding carboxylic acids is 1. The molecule has 0 aliphatic heterocycles. The first-order valence-electron chi connectivity index (χ1n) is 6.40. The Morgan fingerprint density at radius 1 is 1.33 bits per heavy atom. The molecule has 18 heavy (non-hydrogen) atoms. The van der Waals surface area contributed by atoms with E-state index in [-0.39, 0.29) is 16.9 Å². The molecule has 4 heteroatoms. The Hall–Kier alpha value is -0.900. The molecule has 0 saturated heterocycles. The fourth-order valence-corrected chi connectivity index (χ4v) is 2.31. The van der Waals surface area contributed by atoms with E-state index in [0.717, 1.165) is 17.1 Å². The summed E-state index contributed by atoms with van der Waals surface area (Å²) in [7, 11) is 0. The summed E-state index contributed by atoms with van der Waals surface area (Å²) >= 11 is 1.63. The van der Waals surface area contributed by atoms with Gasteiger partial charge in [-0.1, -0.05) is 27.7 Å². The van der Waals surface area contributed by atoms with Crippen molar-refractivity contribution in [2.45, 2.75) is 65.3 Å². The standard InChI is InChI=1S/C14H24N2OS/c1-7-14(5,6)16-11(17)8-10-9-18-12(15-10)13(2,3)4/h9H,7-8H2,1-6H3,(H,16,17). The van der Waals surface area contributed by atoms with Crippen molar-refractivity contribution in [2.75, 3.05) is 0 Å². The fourth-order valence-electron chi connectivity index (χ4n) is 1.41. The number of thiazole rings is 1. The first-order valence-corrected chi connectivity index (χ1v) is 7.28. The van der Waals surface area contributed by atoms with Crippen molar-refractivity contribution in [3.8, 4) is 0 Å². The number of amides is 1. The monoisotopic (exact) mass is 268 g/mol. The van der Waals surface area contributed by atoms with E-state index in [1.165, 1.54) is 0 Å². The van der Waals surface area contributed by atoms with Crippen molar-refractivity contribution in [1.82, 2.24) is 10.3 Å². The van der Waals surface area contributed by atoms with Crippen LogP contribution in [0.4, 0.5) is 0 Å². The van der Waals surface area contributed by atoms with Gasteiger partial charge in [0.05, 0.1) is 17.1 Å². The molecule has 0 fully saturated rings. The highest BCUT2D eigenvalue weighted by Gasteiger charge is 2.21. The minimum atomic E-state index is -0.139. The van der Waals surface area contributed by atoms with Crippen LogP contribution in [-0.4, -0.2) is 16.4 Å². The minimum Gasteiger partial charge on any atom is -0.351 e. The van der Waals surface area contributed by atoms with Gasteiger partial charge in [0, 0.05) is 16.3 Å². The molecular weight excluding hydrogens is 244 g/mol. The summed E-state index contributed by atoms with van der Waals surface area (Å²) in [4.78, 5) is 16.4. The number of nitrogens with one attached hydrogen (secondary N) is 1. The number of hydrogen-bond donors (Lipinski definition) is 1. The van der Waals surface area contributed by atoms with Crippen LogP contribution >= 0.6 is 11.3 Å². The zero-order valence-corrected chi connectivity index (χ0v) is 13.1. The number of rotatable bonds is 4. The Morgan fingerprint density at radius 2 is 1.94 bits per heavy atom. The summed E-state index contributed by atoms with van der Waals surface area (Å²) in [5, 5.41) is 6.10. The van der Waals surface area contributed by atoms with E-state index >= 15 is 0 Å². The molecule has 1 aromatic rings. The van der Waals surface area contributed by atoms with Gasteiger partial charge >= 0.3 is 0 Å². The molecule has 102 valence electrons. The van der Waals surface area contributed by atoms with Gasteiger partial charge in [-0.25, -0.2) is 4.98 Å². The average molecular weight is 268 g/mol. The average Bonchev–Trinajstić information content (AvgIpc) is 2.64. The van der Waals surface area contributed by atoms with Gasteiger partial charge in [0.1, 0.15) is 0 Å². The number of carbonyl (C=O) groups is 1. The Labute approximate surface area is 114 Å². The lowest BCUT2D eigenvalue weighted by Crippen LogP contribution is -2.43. The third-order valence-corrected chi connectivity index (χ3v) is 4.21. The summed E-state index contributed by atoms with van der Waals surface area (Å²) in [5.41, 5.74) is 0.788. The second-order valence-corrected chi connectivity index (χ2v) is 7.21. The van der Waals surface area contributed by atoms with Gasteiger partial charge < -0.3 is 5.32 Å². The zero-order chi connectivity index (χ0) is 14.0. The van der Waals surface area contributed by atoms with Crippen LogP contribution in [0.2, 0.25) is 0 Å². The molecule has 0 atom stereocenters. The molecule has 1 aromatic heterocycles. The maximum atomic E-state index is 11.9. The fraction of sp³-hybridized carbons (Fsp3) is 0.714. The van der Waals surface area contributed by atoms with E-state index in [1.54, 1.807) is 11.3 Å². The predicted octanol–water partition coefficient (Wildman–Crippen LogP) is 3.29. The molecule has 1 heterocycles. The first-order chi connectivity index (χ1) is 8.14. The van der Waals surface area contributed by atoms with E-state index in [4.69, 9.17) is 0 Å². The second-order valence-electron chi connectivity index (χ2n) is 6.36. The van der Waals surface area contributed by atoms with Gasteiger partial charge in [0.2, 0.25) is 5.91 Å². The van der Waals surface area contributed by atoms with Crippen molar-refractivity contribution in [1.29, 1.82) is 0 Å². The summed E-state index contributed by atoms with van der Waals surface area (Å²) < 4.78 is 0. The van der Waals surface area contributed by atoms with Crippen LogP contribution < -0.4 is 5.32 Å². The summed E-state index contributed by atoms with van der Waals surface area (Å²) in [6, 6.07) is 0. The van der Waals surface area contributed by atoms with Crippen LogP contribution in [0.15, 0.2) is 5.38 Å². The molecule has 0 aromatic carbocycles. The van der Waals surface area contributed by atoms with Crippen LogP contribution in [0.25, 0.3) is 0 Å². The molecule has 1 N–H and O–H groups in total. The van der Waals surface area contributed by atoms with Crippen molar-refractivity contribution < 1.29 is 4.79 Å². The summed E-state index contributed by atoms with van der Waals surface area (Å²) in [6.45, 7) is 12.5. The topological polar surface area (TPSA) is 42.0 Å². The number of aromatic nitrogens is 1. The van der Waals surface area contributed by atoms with Crippen molar-refractivity contribution in [3.05, 3.63) is 16.1 Å². The molecule has 0 aliphatic carbocycles. The van der Waals surface area contributed by atoms with E-state index in [0.29, 0.717) is 6.42 Å². The molecule has 0 saturated carbocycles. The minimum absolute atomic E-state index is 0.0487. The van der Waals surface area contributed by atoms with Gasteiger partial charge in [0.25, 0.3) is 0 Å². The van der Waals surface area contributed by atoms with Crippen LogP contribution in [0, 0.1) is 0 Å². The Bertz CT molecular complexity index is 416. The zero-order valence-electron chi connectivity index (χ0n) is 12.3. The smallest absolute Gasteiger partial charge is 0.226 e. The highest BCUT2D eigenvalue weighted by Crippen LogP contribution is 2.25. The largest absolute Gasteiger partial charge is 0.351 e. The number of hydrogen-bond acceptors (Lipinski definition) is 3. The van der Waals surface area contributed by atoms with Crippen LogP contribution in [0.1, 0.15) is 58.7 Å². The molecule has 0 aliphatic rings. The lowest BCUT2D eigenvalue weighted by Gasteiger charge is -2.24. The quantitative estimate of drug-likeness (QED) is 0.910. The van der Waals surface area contributed by atoms with Crippen LogP contribution in [-0.2, 0) is 16.6 Å². The van der Waals surface area contributed by atoms with Gasteiger partial charge in [-0.3, -0.25) is 4.79 Å². The first kappa shape index (κ1) is 15.2. The van der Waals surface area contributed by atoms with Crippen LogP contribution in [0.3, 0.4) is 0 Å². The molecule has 1 amide bonds. The SMILES string of the molecule is CCC(C)(C)NC(=O)Cc1csc(C(C)(C)C)n1. The van der Waals surface area contributed by atoms with Gasteiger partial charge in [-0.15, -0.1) is 11.3 Å². The maximum Gasteiger partial charge on any atom is 0.226 e. The van der Waals surface area contributed by atoms with Gasteiger partial charge in [-0.05, 0) is 20.3 Å². The second kappa shape index (κ2) is 5.39. The lowest BCUT2D eigenvalue weighted by atomic mass is 9.98. The third kappa shape index (κ3) is 4.41. The van der Waals surface area contributed by atoms with E-state index in [1.807, 2.05) is 19.2 Å². The Morgan fingerprint density at radius 3 is 2.39 bits per heavy atom. The maximum absolute atomic E-state index is 11.9. The van der Waals surface area contributed by atoms with Crippen molar-refractivity contribution >= 4 is 17.2 Å². The van der Waals surface area contributed by atoms with Gasteiger partial charge in [0.15, 0.2) is 0 Å². The molecular formula is C14H24N2OS. The summed E-state index contributed by atoms with van der Waals surface area (Å²) in [5.74, 6) is 0.0487. The molecule has 3 nitrogen and oxygen atoms in total. The molecule has 0 spiro atoms. The Balaban J connectivity index is 2.64. The molecule has 0 unspecified atom stereocenters. The van der Waals surface area contributed by atoms with Crippen LogP contribution in [0.5, 0.6) is 0 Å². The third-order valence-electron chi connectivity index (χ3n) is 2.90. The van der Waals surface area contributed by atoms with E-state index in [2.05, 4.69) is 38.0 Å². The van der Waals surface area contributed by atoms with Crippen molar-refractivity contribution in [2.24, 2.45) is 0 Å². The normalized spacial score (nSPS) is 12.6. The summed E-state index contributed by atoms with van der Waals surface area (Å²) in [6.07, 6.45) is 1.29. The highest BCUT2D eigenvalue weighted by atomic mass is 32.1. The van der Waals surface area contributed by atoms with Gasteiger partial charge in [-0.2, -0.15) is 0 Å². The molecule has 0 radical (unpaired) electrons. The molecule has 0 bridgehead atoms. The molecule has 1 rings (SSSR count). The van der Waals surface area contributed by atoms with E-state index in [9.17, 15) is 4.79 Å². The van der Waals surface area contributed by atoms with E-state index < -0.39 is 0 Å². The highest BCUT2D eigenvalue weighted by molar-refractivity contribution is 7.09.